The number of piperazine rings is 1. The van der Waals surface area contributed by atoms with E-state index in [0.29, 0.717) is 74.7 Å². The molecule has 1 aromatic rings. The summed E-state index contributed by atoms with van der Waals surface area (Å²) >= 11 is 0. The first kappa shape index (κ1) is 42.4. The van der Waals surface area contributed by atoms with Gasteiger partial charge >= 0.3 is 0 Å². The van der Waals surface area contributed by atoms with Gasteiger partial charge in [0.2, 0.25) is 11.8 Å². The Morgan fingerprint density at radius 2 is 1.28 bits per heavy atom. The molecule has 0 bridgehead atoms. The number of likely N-dealkylation sites (tertiary alicyclic amines) is 2. The fraction of sp³-hybridized carbons (Fsp3) is 0.617. The topological polar surface area (TPSA) is 121 Å². The fourth-order valence-electron chi connectivity index (χ4n) is 10.8. The fourth-order valence-corrected chi connectivity index (χ4v) is 10.8. The third-order valence-corrected chi connectivity index (χ3v) is 14.3. The summed E-state index contributed by atoms with van der Waals surface area (Å²) in [5.41, 5.74) is 2.76. The van der Waals surface area contributed by atoms with Crippen LogP contribution in [0.15, 0.2) is 65.3 Å². The minimum absolute atomic E-state index is 0.271. The molecule has 1 spiro atoms. The number of morpholine rings is 2. The van der Waals surface area contributed by atoms with Gasteiger partial charge in [-0.25, -0.2) is 0 Å². The van der Waals surface area contributed by atoms with Crippen molar-refractivity contribution in [3.05, 3.63) is 76.4 Å². The van der Waals surface area contributed by atoms with Crippen molar-refractivity contribution in [3.8, 4) is 0 Å². The van der Waals surface area contributed by atoms with E-state index in [2.05, 4.69) is 61.1 Å². The van der Waals surface area contributed by atoms with E-state index >= 15 is 14.4 Å². The van der Waals surface area contributed by atoms with Crippen LogP contribution >= 0.6 is 0 Å². The molecule has 4 amide bonds. The van der Waals surface area contributed by atoms with Crippen LogP contribution in [0.25, 0.3) is 5.57 Å². The van der Waals surface area contributed by atoms with Crippen molar-refractivity contribution in [2.24, 2.45) is 11.3 Å². The highest BCUT2D eigenvalue weighted by atomic mass is 16.5. The first-order chi connectivity index (χ1) is 29.8. The third-order valence-electron chi connectivity index (χ3n) is 14.3. The minimum atomic E-state index is -1.25. The Balaban J connectivity index is 1.08. The number of likely N-dealkylation sites (N-methyl/N-ethyl adjacent to an activating group) is 1. The van der Waals surface area contributed by atoms with Crippen molar-refractivity contribution < 1.29 is 28.7 Å². The summed E-state index contributed by atoms with van der Waals surface area (Å²) in [6.07, 6.45) is 11.2. The van der Waals surface area contributed by atoms with Crippen LogP contribution < -0.4 is 5.32 Å². The highest BCUT2D eigenvalue weighted by Crippen LogP contribution is 2.58. The van der Waals surface area contributed by atoms with Gasteiger partial charge in [-0.2, -0.15) is 0 Å². The zero-order chi connectivity index (χ0) is 41.9. The third kappa shape index (κ3) is 8.62. The molecule has 1 N–H and O–H groups in total. The molecular formula is C47H64N8O6. The second kappa shape index (κ2) is 18.9. The zero-order valence-electron chi connectivity index (χ0n) is 36.0. The Morgan fingerprint density at radius 3 is 1.93 bits per heavy atom. The quantitative estimate of drug-likeness (QED) is 0.258. The van der Waals surface area contributed by atoms with E-state index < -0.39 is 17.4 Å². The number of hydrogen-bond acceptors (Lipinski definition) is 12. The molecule has 8 aliphatic rings. The Kier molecular flexibility index (Phi) is 13.1. The molecule has 328 valence electrons. The molecule has 2 aliphatic carbocycles. The summed E-state index contributed by atoms with van der Waals surface area (Å²) in [5, 5.41) is 3.67. The van der Waals surface area contributed by atoms with Crippen molar-refractivity contribution in [2.45, 2.75) is 38.3 Å². The highest BCUT2D eigenvalue weighted by Gasteiger charge is 2.63. The molecule has 6 heterocycles. The van der Waals surface area contributed by atoms with Crippen molar-refractivity contribution in [1.29, 1.82) is 0 Å². The molecule has 0 aromatic heterocycles. The smallest absolute Gasteiger partial charge is 0.261 e. The number of amides is 4. The van der Waals surface area contributed by atoms with Gasteiger partial charge in [-0.1, -0.05) is 42.5 Å². The molecule has 14 nitrogen and oxygen atoms in total. The zero-order valence-corrected chi connectivity index (χ0v) is 36.0. The Morgan fingerprint density at radius 1 is 0.656 bits per heavy atom. The average molecular weight is 837 g/mol. The number of nitrogens with zero attached hydrogens (tertiary/aromatic N) is 7. The lowest BCUT2D eigenvalue weighted by Gasteiger charge is -2.54. The van der Waals surface area contributed by atoms with Crippen molar-refractivity contribution >= 4 is 29.2 Å². The maximum atomic E-state index is 15.2. The maximum absolute atomic E-state index is 15.2. The van der Waals surface area contributed by atoms with Crippen LogP contribution in [0.1, 0.15) is 36.8 Å². The van der Waals surface area contributed by atoms with Crippen LogP contribution in [0.4, 0.5) is 0 Å². The first-order valence-corrected chi connectivity index (χ1v) is 23.0. The van der Waals surface area contributed by atoms with E-state index in [0.717, 1.165) is 110 Å². The lowest BCUT2D eigenvalue weighted by molar-refractivity contribution is -0.158. The molecule has 9 rings (SSSR count). The van der Waals surface area contributed by atoms with Crippen molar-refractivity contribution in [2.75, 3.05) is 138 Å². The molecule has 0 radical (unpaired) electrons. The summed E-state index contributed by atoms with van der Waals surface area (Å²) in [6.45, 7) is 16.4. The van der Waals surface area contributed by atoms with E-state index in [4.69, 9.17) is 9.47 Å². The van der Waals surface area contributed by atoms with Gasteiger partial charge in [0.1, 0.15) is 6.04 Å². The monoisotopic (exact) mass is 836 g/mol. The van der Waals surface area contributed by atoms with Crippen LogP contribution in [0, 0.1) is 11.3 Å². The van der Waals surface area contributed by atoms with Gasteiger partial charge in [0, 0.05) is 104 Å². The van der Waals surface area contributed by atoms with Gasteiger partial charge < -0.3 is 24.6 Å². The van der Waals surface area contributed by atoms with Crippen molar-refractivity contribution in [3.63, 3.8) is 0 Å². The summed E-state index contributed by atoms with van der Waals surface area (Å²) in [4.78, 5) is 74.9. The number of imide groups is 2. The maximum Gasteiger partial charge on any atom is 0.261 e. The average Bonchev–Trinajstić information content (AvgIpc) is 3.81. The number of nitrogens with one attached hydrogen (secondary N) is 1. The number of hydrogen-bond donors (Lipinski definition) is 1. The number of carbonyl (C=O) groups excluding carboxylic acids is 4. The normalized spacial score (nSPS) is 28.4. The van der Waals surface area contributed by atoms with E-state index in [1.165, 1.54) is 15.4 Å². The molecule has 6 aliphatic heterocycles. The molecule has 5 saturated heterocycles. The standard InChI is InChI=1S/C47H64N8O6/c1-49-21-23-53(24-22-49)34-35-8-10-36(11-9-35)38-33-39-44(57)55(19-6-17-52-27-31-61-32-28-52)46(59)42(48-13-20-50-14-2-3-15-50)47(39)12-4-7-37-41(47)40(38)45(58)54(43(37)56)18-5-16-51-25-29-60-30-26-51/h4,7-12,33,39,42,48H,2-3,5-6,13-32,34H2,1H3. The first-order valence-electron chi connectivity index (χ1n) is 23.0. The van der Waals surface area contributed by atoms with Crippen LogP contribution in [0.5, 0.6) is 0 Å². The molecule has 14 heteroatoms. The lowest BCUT2D eigenvalue weighted by Crippen LogP contribution is -2.69. The molecule has 3 atom stereocenters. The number of piperidine rings is 1. The molecular weight excluding hydrogens is 773 g/mol. The summed E-state index contributed by atoms with van der Waals surface area (Å²) < 4.78 is 11.1. The number of allylic oxidation sites excluding steroid dienone is 2. The predicted molar refractivity (Wildman–Crippen MR) is 232 cm³/mol. The van der Waals surface area contributed by atoms with Crippen LogP contribution in [0.2, 0.25) is 0 Å². The van der Waals surface area contributed by atoms with Gasteiger partial charge in [-0.3, -0.25) is 43.7 Å². The molecule has 5 fully saturated rings. The number of carbonyl (C=O) groups is 4. The Hall–Kier alpha value is -3.86. The summed E-state index contributed by atoms with van der Waals surface area (Å²) in [6, 6.07) is 7.53. The largest absolute Gasteiger partial charge is 0.379 e. The van der Waals surface area contributed by atoms with Crippen LogP contribution in [-0.2, 0) is 35.2 Å². The van der Waals surface area contributed by atoms with Gasteiger partial charge in [0.25, 0.3) is 11.8 Å². The second-order valence-corrected chi connectivity index (χ2v) is 18.1. The van der Waals surface area contributed by atoms with Crippen molar-refractivity contribution in [1.82, 2.24) is 39.6 Å². The highest BCUT2D eigenvalue weighted by molar-refractivity contribution is 6.25. The molecule has 0 saturated carbocycles. The van der Waals surface area contributed by atoms with Gasteiger partial charge in [0.05, 0.1) is 43.3 Å². The number of ether oxygens (including phenoxy) is 2. The Bertz CT molecular complexity index is 1940. The second-order valence-electron chi connectivity index (χ2n) is 18.1. The van der Waals surface area contributed by atoms with E-state index in [1.807, 2.05) is 18.2 Å². The summed E-state index contributed by atoms with van der Waals surface area (Å²) in [7, 11) is 2.16. The Labute approximate surface area is 360 Å². The van der Waals surface area contributed by atoms with Gasteiger partial charge in [-0.05, 0) is 74.2 Å². The minimum Gasteiger partial charge on any atom is -0.379 e. The number of rotatable bonds is 15. The van der Waals surface area contributed by atoms with Gasteiger partial charge in [0.15, 0.2) is 0 Å². The molecule has 61 heavy (non-hydrogen) atoms. The molecule has 1 aromatic carbocycles. The predicted octanol–water partition coefficient (Wildman–Crippen LogP) is 1.46. The number of benzene rings is 1. The van der Waals surface area contributed by atoms with E-state index in [1.54, 1.807) is 6.08 Å². The van der Waals surface area contributed by atoms with E-state index in [-0.39, 0.29) is 30.2 Å². The SMILES string of the molecule is CN1CCN(Cc2ccc(C3=CC4C(=O)N(CCCN5CCOCC5)C(=O)C(NCCN5CCCC5)C45C=CC=C4C(=O)N(CCCN6CCOCC6)C(=O)C3=C45)cc2)CC1. The summed E-state index contributed by atoms with van der Waals surface area (Å²) in [5.74, 6) is -2.10. The van der Waals surface area contributed by atoms with Crippen LogP contribution in [0.3, 0.4) is 0 Å². The van der Waals surface area contributed by atoms with E-state index in [9.17, 15) is 4.79 Å². The molecule has 3 unspecified atom stereocenters. The van der Waals surface area contributed by atoms with Gasteiger partial charge in [-0.15, -0.1) is 0 Å². The lowest BCUT2D eigenvalue weighted by atomic mass is 9.53. The van der Waals surface area contributed by atoms with Crippen LogP contribution in [-0.4, -0.2) is 202 Å².